The van der Waals surface area contributed by atoms with E-state index in [0.29, 0.717) is 35.0 Å². The molecule has 1 aliphatic carbocycles. The Morgan fingerprint density at radius 1 is 1.39 bits per heavy atom. The molecule has 3 nitrogen and oxygen atoms in total. The summed E-state index contributed by atoms with van der Waals surface area (Å²) in [5.41, 5.74) is 0.464. The smallest absolute Gasteiger partial charge is 0.213 e. The first-order valence-corrected chi connectivity index (χ1v) is 6.62. The number of hydrogen-bond donors (Lipinski definition) is 1. The van der Waals surface area contributed by atoms with Crippen LogP contribution in [0.25, 0.3) is 0 Å². The first-order chi connectivity index (χ1) is 8.70. The van der Waals surface area contributed by atoms with Crippen LogP contribution in [0.1, 0.15) is 25.5 Å². The zero-order valence-corrected chi connectivity index (χ0v) is 11.2. The molecule has 1 heterocycles. The van der Waals surface area contributed by atoms with Gasteiger partial charge in [-0.3, -0.25) is 0 Å². The fraction of sp³-hybridized carbons (Fsp3) is 0.500. The second-order valence-electron chi connectivity index (χ2n) is 4.73. The standard InChI is InChI=1S/C14H18ClNO2/c1-10-4-2-3-5-11(10)9-18-14-7-6-12(15)13(8-17)16-14/h2-3,6-7,10-11,17H,4-5,8-9H2,1H3. The number of ether oxygens (including phenoxy) is 1. The molecule has 0 saturated heterocycles. The quantitative estimate of drug-likeness (QED) is 0.852. The van der Waals surface area contributed by atoms with E-state index in [2.05, 4.69) is 24.1 Å². The normalized spacial score (nSPS) is 23.1. The average Bonchev–Trinajstić information content (AvgIpc) is 2.39. The van der Waals surface area contributed by atoms with Gasteiger partial charge in [0, 0.05) is 6.07 Å². The molecule has 0 fully saturated rings. The van der Waals surface area contributed by atoms with Crippen LogP contribution in [0.3, 0.4) is 0 Å². The minimum absolute atomic E-state index is 0.168. The molecule has 2 rings (SSSR count). The molecular formula is C14H18ClNO2. The fourth-order valence-corrected chi connectivity index (χ4v) is 2.25. The maximum absolute atomic E-state index is 9.09. The maximum Gasteiger partial charge on any atom is 0.213 e. The van der Waals surface area contributed by atoms with Gasteiger partial charge in [0.15, 0.2) is 0 Å². The van der Waals surface area contributed by atoms with E-state index in [9.17, 15) is 0 Å². The van der Waals surface area contributed by atoms with E-state index in [-0.39, 0.29) is 6.61 Å². The van der Waals surface area contributed by atoms with Crippen LogP contribution in [0.5, 0.6) is 5.88 Å². The monoisotopic (exact) mass is 267 g/mol. The van der Waals surface area contributed by atoms with Crippen LogP contribution >= 0.6 is 11.6 Å². The lowest BCUT2D eigenvalue weighted by Gasteiger charge is -2.24. The van der Waals surface area contributed by atoms with Gasteiger partial charge in [-0.05, 0) is 30.7 Å². The third-order valence-corrected chi connectivity index (χ3v) is 3.75. The number of allylic oxidation sites excluding steroid dienone is 2. The molecule has 2 atom stereocenters. The van der Waals surface area contributed by atoms with E-state index in [4.69, 9.17) is 21.4 Å². The second-order valence-corrected chi connectivity index (χ2v) is 5.13. The van der Waals surface area contributed by atoms with Crippen LogP contribution in [0.4, 0.5) is 0 Å². The molecule has 4 heteroatoms. The van der Waals surface area contributed by atoms with Crippen LogP contribution in [0.15, 0.2) is 24.3 Å². The SMILES string of the molecule is CC1CC=CCC1COc1ccc(Cl)c(CO)n1. The molecule has 0 saturated carbocycles. The van der Waals surface area contributed by atoms with Crippen molar-refractivity contribution in [2.45, 2.75) is 26.4 Å². The lowest BCUT2D eigenvalue weighted by molar-refractivity contribution is 0.191. The summed E-state index contributed by atoms with van der Waals surface area (Å²) in [4.78, 5) is 4.18. The zero-order chi connectivity index (χ0) is 13.0. The van der Waals surface area contributed by atoms with E-state index in [1.165, 1.54) is 0 Å². The number of rotatable bonds is 4. The predicted molar refractivity (Wildman–Crippen MR) is 71.7 cm³/mol. The van der Waals surface area contributed by atoms with Gasteiger partial charge in [-0.1, -0.05) is 30.7 Å². The van der Waals surface area contributed by atoms with Crippen molar-refractivity contribution in [3.05, 3.63) is 35.0 Å². The highest BCUT2D eigenvalue weighted by Crippen LogP contribution is 2.26. The number of aliphatic hydroxyl groups excluding tert-OH is 1. The summed E-state index contributed by atoms with van der Waals surface area (Å²) in [7, 11) is 0. The van der Waals surface area contributed by atoms with E-state index in [0.717, 1.165) is 12.8 Å². The Morgan fingerprint density at radius 3 is 2.89 bits per heavy atom. The summed E-state index contributed by atoms with van der Waals surface area (Å²) in [6.45, 7) is 2.73. The van der Waals surface area contributed by atoms with Crippen molar-refractivity contribution >= 4 is 11.6 Å². The topological polar surface area (TPSA) is 42.4 Å². The third-order valence-electron chi connectivity index (χ3n) is 3.41. The van der Waals surface area contributed by atoms with Crippen molar-refractivity contribution in [1.29, 1.82) is 0 Å². The van der Waals surface area contributed by atoms with Crippen molar-refractivity contribution in [3.8, 4) is 5.88 Å². The van der Waals surface area contributed by atoms with Crippen LogP contribution in [0.2, 0.25) is 5.02 Å². The van der Waals surface area contributed by atoms with Gasteiger partial charge in [0.25, 0.3) is 0 Å². The molecule has 0 radical (unpaired) electrons. The summed E-state index contributed by atoms with van der Waals surface area (Å²) in [5.74, 6) is 1.70. The van der Waals surface area contributed by atoms with E-state index in [1.54, 1.807) is 12.1 Å². The summed E-state index contributed by atoms with van der Waals surface area (Å²) in [5, 5.41) is 9.56. The third kappa shape index (κ3) is 3.24. The summed E-state index contributed by atoms with van der Waals surface area (Å²) < 4.78 is 5.70. The molecule has 98 valence electrons. The summed E-state index contributed by atoms with van der Waals surface area (Å²) in [6, 6.07) is 3.45. The van der Waals surface area contributed by atoms with Gasteiger partial charge in [-0.15, -0.1) is 0 Å². The Balaban J connectivity index is 1.95. The molecular weight excluding hydrogens is 250 g/mol. The first-order valence-electron chi connectivity index (χ1n) is 6.24. The Bertz CT molecular complexity index is 434. The number of aromatic nitrogens is 1. The largest absolute Gasteiger partial charge is 0.477 e. The van der Waals surface area contributed by atoms with Crippen molar-refractivity contribution in [1.82, 2.24) is 4.98 Å². The predicted octanol–water partition coefficient (Wildman–Crippen LogP) is 3.21. The van der Waals surface area contributed by atoms with Crippen molar-refractivity contribution in [2.75, 3.05) is 6.61 Å². The fourth-order valence-electron chi connectivity index (χ4n) is 2.09. The van der Waals surface area contributed by atoms with Crippen molar-refractivity contribution < 1.29 is 9.84 Å². The molecule has 1 N–H and O–H groups in total. The van der Waals surface area contributed by atoms with E-state index in [1.807, 2.05) is 0 Å². The first kappa shape index (κ1) is 13.4. The van der Waals surface area contributed by atoms with Gasteiger partial charge < -0.3 is 9.84 Å². The molecule has 1 aromatic rings. The van der Waals surface area contributed by atoms with Crippen LogP contribution in [-0.2, 0) is 6.61 Å². The van der Waals surface area contributed by atoms with Gasteiger partial charge in [0.2, 0.25) is 5.88 Å². The highest BCUT2D eigenvalue weighted by molar-refractivity contribution is 6.31. The lowest BCUT2D eigenvalue weighted by atomic mass is 9.85. The Hall–Kier alpha value is -1.06. The molecule has 0 aromatic carbocycles. The molecule has 2 unspecified atom stereocenters. The average molecular weight is 268 g/mol. The summed E-state index contributed by atoms with van der Waals surface area (Å²) in [6.07, 6.45) is 6.61. The number of hydrogen-bond acceptors (Lipinski definition) is 3. The highest BCUT2D eigenvalue weighted by Gasteiger charge is 2.19. The minimum Gasteiger partial charge on any atom is -0.477 e. The minimum atomic E-state index is -0.168. The second kappa shape index (κ2) is 6.21. The van der Waals surface area contributed by atoms with Crippen LogP contribution < -0.4 is 4.74 Å². The highest BCUT2D eigenvalue weighted by atomic mass is 35.5. The maximum atomic E-state index is 9.09. The van der Waals surface area contributed by atoms with Crippen LogP contribution in [-0.4, -0.2) is 16.7 Å². The molecule has 18 heavy (non-hydrogen) atoms. The van der Waals surface area contributed by atoms with E-state index >= 15 is 0 Å². The molecule has 0 bridgehead atoms. The van der Waals surface area contributed by atoms with Gasteiger partial charge in [-0.2, -0.15) is 0 Å². The number of halogens is 1. The molecule has 1 aliphatic rings. The Kier molecular flexibility index (Phi) is 4.61. The van der Waals surface area contributed by atoms with Gasteiger partial charge in [0.05, 0.1) is 23.9 Å². The van der Waals surface area contributed by atoms with Crippen molar-refractivity contribution in [3.63, 3.8) is 0 Å². The Labute approximate surface area is 112 Å². The molecule has 0 aliphatic heterocycles. The molecule has 0 spiro atoms. The van der Waals surface area contributed by atoms with E-state index < -0.39 is 0 Å². The Morgan fingerprint density at radius 2 is 2.17 bits per heavy atom. The zero-order valence-electron chi connectivity index (χ0n) is 10.5. The molecule has 0 amide bonds. The molecule has 1 aromatic heterocycles. The number of aliphatic hydroxyl groups is 1. The van der Waals surface area contributed by atoms with Gasteiger partial charge >= 0.3 is 0 Å². The summed E-state index contributed by atoms with van der Waals surface area (Å²) >= 11 is 5.88. The number of nitrogens with zero attached hydrogens (tertiary/aromatic N) is 1. The van der Waals surface area contributed by atoms with Crippen molar-refractivity contribution in [2.24, 2.45) is 11.8 Å². The van der Waals surface area contributed by atoms with Crippen LogP contribution in [0, 0.1) is 11.8 Å². The van der Waals surface area contributed by atoms with Gasteiger partial charge in [-0.25, -0.2) is 4.98 Å². The lowest BCUT2D eigenvalue weighted by Crippen LogP contribution is -2.21. The van der Waals surface area contributed by atoms with Gasteiger partial charge in [0.1, 0.15) is 0 Å². The number of pyridine rings is 1.